The van der Waals surface area contributed by atoms with Crippen molar-refractivity contribution in [2.24, 2.45) is 0 Å². The maximum atomic E-state index is 14.6. The van der Waals surface area contributed by atoms with Crippen LogP contribution in [0.3, 0.4) is 0 Å². The monoisotopic (exact) mass is 514 g/mol. The van der Waals surface area contributed by atoms with Gasteiger partial charge in [0, 0.05) is 0 Å². The highest BCUT2D eigenvalue weighted by Crippen LogP contribution is 2.35. The van der Waals surface area contributed by atoms with E-state index < -0.39 is 12.1 Å². The van der Waals surface area contributed by atoms with Crippen LogP contribution in [0.5, 0.6) is 5.75 Å². The molecule has 1 aliphatic rings. The van der Waals surface area contributed by atoms with Crippen molar-refractivity contribution in [2.75, 3.05) is 6.61 Å². The van der Waals surface area contributed by atoms with E-state index in [1.54, 1.807) is 12.1 Å². The van der Waals surface area contributed by atoms with Crippen LogP contribution >= 0.6 is 0 Å². The van der Waals surface area contributed by atoms with Gasteiger partial charge in [0.2, 0.25) is 0 Å². The van der Waals surface area contributed by atoms with Crippen LogP contribution in [-0.4, -0.2) is 24.9 Å². The molecular weight excluding hydrogens is 470 g/mol. The summed E-state index contributed by atoms with van der Waals surface area (Å²) in [5.74, 6) is -0.325. The van der Waals surface area contributed by atoms with Crippen molar-refractivity contribution >= 4 is 5.97 Å². The van der Waals surface area contributed by atoms with E-state index in [9.17, 15) is 13.6 Å². The van der Waals surface area contributed by atoms with Gasteiger partial charge in [-0.15, -0.1) is 0 Å². The van der Waals surface area contributed by atoms with Gasteiger partial charge < -0.3 is 9.47 Å². The Kier molecular flexibility index (Phi) is 12.4. The summed E-state index contributed by atoms with van der Waals surface area (Å²) >= 11 is 0. The summed E-state index contributed by atoms with van der Waals surface area (Å²) < 4.78 is 39.6. The zero-order chi connectivity index (χ0) is 26.5. The molecule has 37 heavy (non-hydrogen) atoms. The number of hydrogen-bond acceptors (Lipinski definition) is 3. The van der Waals surface area contributed by atoms with Gasteiger partial charge in [0.15, 0.2) is 17.7 Å². The summed E-state index contributed by atoms with van der Waals surface area (Å²) in [6.07, 6.45) is 10.5. The molecule has 0 N–H and O–H groups in total. The fourth-order valence-corrected chi connectivity index (χ4v) is 5.06. The Hall–Kier alpha value is -2.43. The van der Waals surface area contributed by atoms with Crippen molar-refractivity contribution in [1.29, 1.82) is 0 Å². The highest BCUT2D eigenvalue weighted by Gasteiger charge is 2.27. The average molecular weight is 515 g/mol. The molecule has 0 radical (unpaired) electrons. The molecule has 0 unspecified atom stereocenters. The molecule has 2 aromatic carbocycles. The van der Waals surface area contributed by atoms with Crippen LogP contribution in [-0.2, 0) is 9.53 Å². The van der Waals surface area contributed by atoms with Crippen molar-refractivity contribution in [1.82, 2.24) is 0 Å². The molecule has 2 aromatic rings. The molecule has 5 heteroatoms. The van der Waals surface area contributed by atoms with Crippen molar-refractivity contribution in [3.63, 3.8) is 0 Å². The third kappa shape index (κ3) is 9.43. The molecule has 0 saturated heterocycles. The first-order valence-electron chi connectivity index (χ1n) is 14.4. The summed E-state index contributed by atoms with van der Waals surface area (Å²) in [4.78, 5) is 12.0. The fourth-order valence-electron chi connectivity index (χ4n) is 5.06. The number of halogens is 2. The number of alkyl halides is 1. The van der Waals surface area contributed by atoms with E-state index in [1.165, 1.54) is 31.2 Å². The van der Waals surface area contributed by atoms with E-state index in [4.69, 9.17) is 9.47 Å². The SMILES string of the molecule is CCCCCCCCOc1ccc(-c2ccc(C3CCC(OC(=O)[C@@H](F)CCCC)CC3)cc2)cc1F. The first-order valence-corrected chi connectivity index (χ1v) is 14.4. The van der Waals surface area contributed by atoms with E-state index in [0.29, 0.717) is 24.7 Å². The molecular formula is C32H44F2O3. The van der Waals surface area contributed by atoms with E-state index >= 15 is 0 Å². The normalized spacial score (nSPS) is 18.4. The lowest BCUT2D eigenvalue weighted by Gasteiger charge is -2.29. The lowest BCUT2D eigenvalue weighted by molar-refractivity contribution is -0.157. The lowest BCUT2D eigenvalue weighted by atomic mass is 9.82. The predicted molar refractivity (Wildman–Crippen MR) is 146 cm³/mol. The Morgan fingerprint density at radius 3 is 2.19 bits per heavy atom. The Bertz CT molecular complexity index is 936. The second-order valence-electron chi connectivity index (χ2n) is 10.4. The molecule has 3 nitrogen and oxygen atoms in total. The van der Waals surface area contributed by atoms with Crippen LogP contribution in [0.15, 0.2) is 42.5 Å². The minimum atomic E-state index is -1.50. The molecule has 1 aliphatic carbocycles. The van der Waals surface area contributed by atoms with Crippen molar-refractivity contribution in [3.05, 3.63) is 53.8 Å². The Morgan fingerprint density at radius 1 is 0.865 bits per heavy atom. The number of hydrogen-bond donors (Lipinski definition) is 0. The topological polar surface area (TPSA) is 35.5 Å². The van der Waals surface area contributed by atoms with E-state index in [2.05, 4.69) is 19.1 Å². The minimum Gasteiger partial charge on any atom is -0.491 e. The number of carbonyl (C=O) groups excluding carboxylic acids is 1. The molecule has 204 valence electrons. The molecule has 0 amide bonds. The molecule has 3 rings (SSSR count). The Balaban J connectivity index is 1.45. The summed E-state index contributed by atoms with van der Waals surface area (Å²) in [7, 11) is 0. The van der Waals surface area contributed by atoms with Gasteiger partial charge in [0.1, 0.15) is 6.10 Å². The molecule has 1 saturated carbocycles. The molecule has 0 bridgehead atoms. The predicted octanol–water partition coefficient (Wildman–Crippen LogP) is 9.33. The van der Waals surface area contributed by atoms with Gasteiger partial charge in [-0.2, -0.15) is 0 Å². The number of benzene rings is 2. The Morgan fingerprint density at radius 2 is 1.51 bits per heavy atom. The average Bonchev–Trinajstić information content (AvgIpc) is 2.92. The first-order chi connectivity index (χ1) is 18.0. The number of unbranched alkanes of at least 4 members (excludes halogenated alkanes) is 6. The third-order valence-corrected chi connectivity index (χ3v) is 7.43. The van der Waals surface area contributed by atoms with Crippen LogP contribution in [0.1, 0.15) is 109 Å². The van der Waals surface area contributed by atoms with Crippen molar-refractivity contribution < 1.29 is 23.0 Å². The third-order valence-electron chi connectivity index (χ3n) is 7.43. The second-order valence-corrected chi connectivity index (χ2v) is 10.4. The van der Waals surface area contributed by atoms with Crippen molar-refractivity contribution in [2.45, 2.75) is 116 Å². The summed E-state index contributed by atoms with van der Waals surface area (Å²) in [5.41, 5.74) is 3.03. The minimum absolute atomic E-state index is 0.187. The highest BCUT2D eigenvalue weighted by molar-refractivity contribution is 5.74. The van der Waals surface area contributed by atoms with Crippen LogP contribution in [0.4, 0.5) is 8.78 Å². The number of carbonyl (C=O) groups is 1. The second kappa shape index (κ2) is 15.7. The van der Waals surface area contributed by atoms with E-state index in [1.807, 2.05) is 25.1 Å². The van der Waals surface area contributed by atoms with Crippen LogP contribution < -0.4 is 4.74 Å². The zero-order valence-corrected chi connectivity index (χ0v) is 22.7. The van der Waals surface area contributed by atoms with Gasteiger partial charge >= 0.3 is 5.97 Å². The first kappa shape index (κ1) is 29.1. The molecule has 1 atom stereocenters. The van der Waals surface area contributed by atoms with Gasteiger partial charge in [0.05, 0.1) is 6.61 Å². The van der Waals surface area contributed by atoms with Gasteiger partial charge in [0.25, 0.3) is 0 Å². The molecule has 0 heterocycles. The number of esters is 1. The van der Waals surface area contributed by atoms with E-state index in [-0.39, 0.29) is 18.3 Å². The summed E-state index contributed by atoms with van der Waals surface area (Å²) in [6, 6.07) is 13.5. The molecule has 0 spiro atoms. The molecule has 0 aromatic heterocycles. The molecule has 0 aliphatic heterocycles. The number of ether oxygens (including phenoxy) is 2. The van der Waals surface area contributed by atoms with Crippen LogP contribution in [0.25, 0.3) is 11.1 Å². The highest BCUT2D eigenvalue weighted by atomic mass is 19.1. The summed E-state index contributed by atoms with van der Waals surface area (Å²) in [5, 5.41) is 0. The van der Waals surface area contributed by atoms with Crippen LogP contribution in [0, 0.1) is 5.82 Å². The maximum Gasteiger partial charge on any atom is 0.340 e. The van der Waals surface area contributed by atoms with Crippen LogP contribution in [0.2, 0.25) is 0 Å². The fraction of sp³-hybridized carbons (Fsp3) is 0.594. The Labute approximate surface area is 222 Å². The van der Waals surface area contributed by atoms with Gasteiger partial charge in [-0.3, -0.25) is 0 Å². The quantitative estimate of drug-likeness (QED) is 0.175. The largest absolute Gasteiger partial charge is 0.491 e. The molecule has 1 fully saturated rings. The van der Waals surface area contributed by atoms with Crippen molar-refractivity contribution in [3.8, 4) is 16.9 Å². The zero-order valence-electron chi connectivity index (χ0n) is 22.7. The standard InChI is InChI=1S/C32H44F2O3/c1-3-5-7-8-9-10-22-36-31-21-18-27(23-30(31)34)26-14-12-24(13-15-26)25-16-19-28(20-17-25)37-32(35)29(33)11-6-4-2/h12-15,18,21,23,25,28-29H,3-11,16-17,19-20,22H2,1-2H3/t25?,28?,29-/m0/s1. The smallest absolute Gasteiger partial charge is 0.340 e. The summed E-state index contributed by atoms with van der Waals surface area (Å²) in [6.45, 7) is 4.73. The lowest BCUT2D eigenvalue weighted by Crippen LogP contribution is -2.28. The van der Waals surface area contributed by atoms with E-state index in [0.717, 1.165) is 56.1 Å². The van der Waals surface area contributed by atoms with Gasteiger partial charge in [-0.25, -0.2) is 13.6 Å². The maximum absolute atomic E-state index is 14.6. The van der Waals surface area contributed by atoms with Gasteiger partial charge in [-0.05, 0) is 73.3 Å². The number of rotatable bonds is 15. The van der Waals surface area contributed by atoms with Gasteiger partial charge in [-0.1, -0.05) is 89.1 Å².